The van der Waals surface area contributed by atoms with E-state index < -0.39 is 11.2 Å². The zero-order valence-electron chi connectivity index (χ0n) is 8.96. The Bertz CT molecular complexity index is 240. The van der Waals surface area contributed by atoms with Gasteiger partial charge in [0.05, 0.1) is 11.2 Å². The van der Waals surface area contributed by atoms with E-state index in [1.807, 2.05) is 0 Å². The van der Waals surface area contributed by atoms with Crippen LogP contribution in [0.3, 0.4) is 0 Å². The zero-order chi connectivity index (χ0) is 10.1. The smallest absolute Gasteiger partial charge is 0.0936 e. The number of fused-ring (bicyclic) bond motifs is 2. The summed E-state index contributed by atoms with van der Waals surface area (Å²) in [6.07, 6.45) is 1.82. The van der Waals surface area contributed by atoms with Gasteiger partial charge >= 0.3 is 0 Å². The lowest BCUT2D eigenvalue weighted by atomic mass is 9.41. The molecule has 0 aromatic carbocycles. The second kappa shape index (κ2) is 2.12. The molecule has 2 N–H and O–H groups in total. The molecule has 3 aliphatic carbocycles. The van der Waals surface area contributed by atoms with E-state index >= 15 is 0 Å². The third kappa shape index (κ3) is 0.909. The molecule has 2 bridgehead atoms. The summed E-state index contributed by atoms with van der Waals surface area (Å²) in [6, 6.07) is 0. The summed E-state index contributed by atoms with van der Waals surface area (Å²) in [4.78, 5) is 0. The second-order valence-corrected chi connectivity index (χ2v) is 5.93. The summed E-state index contributed by atoms with van der Waals surface area (Å²) in [5.74, 6) is 0.849. The van der Waals surface area contributed by atoms with E-state index in [2.05, 4.69) is 13.8 Å². The fourth-order valence-electron chi connectivity index (χ4n) is 3.38. The van der Waals surface area contributed by atoms with Gasteiger partial charge < -0.3 is 10.2 Å². The summed E-state index contributed by atoms with van der Waals surface area (Å²) >= 11 is 0. The monoisotopic (exact) mass is 184 g/mol. The van der Waals surface area contributed by atoms with E-state index in [0.29, 0.717) is 5.92 Å². The first-order chi connectivity index (χ1) is 5.69. The van der Waals surface area contributed by atoms with Crippen molar-refractivity contribution in [1.82, 2.24) is 0 Å². The molecule has 4 unspecified atom stereocenters. The van der Waals surface area contributed by atoms with Gasteiger partial charge in [0.1, 0.15) is 0 Å². The van der Waals surface area contributed by atoms with Crippen molar-refractivity contribution in [2.24, 2.45) is 17.3 Å². The molecule has 0 spiro atoms. The normalized spacial score (nSPS) is 58.6. The van der Waals surface area contributed by atoms with Crippen molar-refractivity contribution in [1.29, 1.82) is 0 Å². The first-order valence-electron chi connectivity index (χ1n) is 5.14. The molecule has 0 saturated heterocycles. The van der Waals surface area contributed by atoms with Gasteiger partial charge in [-0.05, 0) is 43.9 Å². The van der Waals surface area contributed by atoms with Gasteiger partial charge in [-0.3, -0.25) is 0 Å². The molecule has 3 aliphatic rings. The molecule has 3 fully saturated rings. The van der Waals surface area contributed by atoms with Crippen LogP contribution in [0.2, 0.25) is 0 Å². The highest BCUT2D eigenvalue weighted by atomic mass is 16.4. The van der Waals surface area contributed by atoms with Crippen LogP contribution in [0, 0.1) is 17.3 Å². The molecule has 0 aliphatic heterocycles. The van der Waals surface area contributed by atoms with Crippen molar-refractivity contribution >= 4 is 0 Å². The SMILES string of the molecule is CC1(C)C2CC1C(C)(O)C(C)(O)C2. The largest absolute Gasteiger partial charge is 0.387 e. The minimum Gasteiger partial charge on any atom is -0.387 e. The van der Waals surface area contributed by atoms with Gasteiger partial charge in [-0.1, -0.05) is 13.8 Å². The van der Waals surface area contributed by atoms with E-state index in [1.54, 1.807) is 13.8 Å². The van der Waals surface area contributed by atoms with Crippen LogP contribution in [-0.2, 0) is 0 Å². The van der Waals surface area contributed by atoms with Crippen LogP contribution >= 0.6 is 0 Å². The van der Waals surface area contributed by atoms with E-state index in [9.17, 15) is 10.2 Å². The Morgan fingerprint density at radius 3 is 1.92 bits per heavy atom. The Kier molecular flexibility index (Phi) is 1.54. The van der Waals surface area contributed by atoms with Crippen LogP contribution in [0.25, 0.3) is 0 Å². The van der Waals surface area contributed by atoms with E-state index in [1.165, 1.54) is 0 Å². The molecule has 0 aromatic heterocycles. The fourth-order valence-corrected chi connectivity index (χ4v) is 3.38. The number of hydrogen-bond donors (Lipinski definition) is 2. The molecule has 3 saturated carbocycles. The summed E-state index contributed by atoms with van der Waals surface area (Å²) in [5, 5.41) is 20.4. The standard InChI is InChI=1S/C11H20O2/c1-9(2)7-5-8(9)11(4,13)10(3,12)6-7/h7-8,12-13H,5-6H2,1-4H3. The molecular weight excluding hydrogens is 164 g/mol. The molecule has 13 heavy (non-hydrogen) atoms. The summed E-state index contributed by atoms with van der Waals surface area (Å²) in [5.41, 5.74) is -1.59. The van der Waals surface area contributed by atoms with E-state index in [-0.39, 0.29) is 11.3 Å². The first-order valence-corrected chi connectivity index (χ1v) is 5.14. The molecule has 0 amide bonds. The molecule has 4 atom stereocenters. The number of hydrogen-bond acceptors (Lipinski definition) is 2. The Labute approximate surface area is 80.0 Å². The lowest BCUT2D eigenvalue weighted by molar-refractivity contribution is -0.285. The maximum atomic E-state index is 10.3. The molecule has 0 radical (unpaired) electrons. The van der Waals surface area contributed by atoms with Crippen LogP contribution in [0.5, 0.6) is 0 Å². The van der Waals surface area contributed by atoms with Gasteiger partial charge in [0.25, 0.3) is 0 Å². The minimum atomic E-state index is -0.911. The fraction of sp³-hybridized carbons (Fsp3) is 1.00. The molecule has 2 nitrogen and oxygen atoms in total. The predicted octanol–water partition coefficient (Wildman–Crippen LogP) is 1.55. The molecule has 3 rings (SSSR count). The van der Waals surface area contributed by atoms with E-state index in [0.717, 1.165) is 12.8 Å². The predicted molar refractivity (Wildman–Crippen MR) is 51.2 cm³/mol. The average Bonchev–Trinajstić information content (AvgIpc) is 1.94. The topological polar surface area (TPSA) is 40.5 Å². The molecule has 0 aromatic rings. The number of rotatable bonds is 0. The van der Waals surface area contributed by atoms with Crippen molar-refractivity contribution in [2.75, 3.05) is 0 Å². The maximum Gasteiger partial charge on any atom is 0.0936 e. The van der Waals surface area contributed by atoms with Crippen LogP contribution in [0.1, 0.15) is 40.5 Å². The van der Waals surface area contributed by atoms with Crippen molar-refractivity contribution in [3.63, 3.8) is 0 Å². The molecule has 76 valence electrons. The lowest BCUT2D eigenvalue weighted by Gasteiger charge is -2.67. The summed E-state index contributed by atoms with van der Waals surface area (Å²) in [6.45, 7) is 7.96. The van der Waals surface area contributed by atoms with Crippen LogP contribution < -0.4 is 0 Å². The van der Waals surface area contributed by atoms with Crippen molar-refractivity contribution in [3.8, 4) is 0 Å². The Morgan fingerprint density at radius 2 is 1.62 bits per heavy atom. The van der Waals surface area contributed by atoms with Gasteiger partial charge in [-0.25, -0.2) is 0 Å². The Morgan fingerprint density at radius 1 is 1.08 bits per heavy atom. The van der Waals surface area contributed by atoms with Crippen LogP contribution in [0.4, 0.5) is 0 Å². The highest BCUT2D eigenvalue weighted by Crippen LogP contribution is 2.65. The third-order valence-corrected chi connectivity index (χ3v) is 4.88. The van der Waals surface area contributed by atoms with Gasteiger partial charge in [0.15, 0.2) is 0 Å². The summed E-state index contributed by atoms with van der Waals surface area (Å²) in [7, 11) is 0. The summed E-state index contributed by atoms with van der Waals surface area (Å²) < 4.78 is 0. The highest BCUT2D eigenvalue weighted by molar-refractivity contribution is 5.16. The highest BCUT2D eigenvalue weighted by Gasteiger charge is 2.66. The third-order valence-electron chi connectivity index (χ3n) is 4.88. The van der Waals surface area contributed by atoms with Gasteiger partial charge in [0.2, 0.25) is 0 Å². The van der Waals surface area contributed by atoms with Crippen molar-refractivity contribution in [3.05, 3.63) is 0 Å². The van der Waals surface area contributed by atoms with Gasteiger partial charge in [-0.2, -0.15) is 0 Å². The first kappa shape index (κ1) is 9.47. The molecule has 0 heterocycles. The van der Waals surface area contributed by atoms with Gasteiger partial charge in [-0.15, -0.1) is 0 Å². The van der Waals surface area contributed by atoms with E-state index in [4.69, 9.17) is 0 Å². The number of aliphatic hydroxyl groups is 2. The second-order valence-electron chi connectivity index (χ2n) is 5.93. The Hall–Kier alpha value is -0.0800. The van der Waals surface area contributed by atoms with Crippen molar-refractivity contribution in [2.45, 2.75) is 51.7 Å². The Balaban J connectivity index is 2.34. The average molecular weight is 184 g/mol. The zero-order valence-corrected chi connectivity index (χ0v) is 8.96. The minimum absolute atomic E-state index is 0.214. The quantitative estimate of drug-likeness (QED) is 0.599. The maximum absolute atomic E-state index is 10.3. The molecule has 2 heteroatoms. The van der Waals surface area contributed by atoms with Crippen LogP contribution in [-0.4, -0.2) is 21.4 Å². The molecular formula is C11H20O2. The van der Waals surface area contributed by atoms with Gasteiger partial charge in [0, 0.05) is 0 Å². The van der Waals surface area contributed by atoms with Crippen LogP contribution in [0.15, 0.2) is 0 Å². The lowest BCUT2D eigenvalue weighted by Crippen LogP contribution is -2.71. The van der Waals surface area contributed by atoms with Crippen molar-refractivity contribution < 1.29 is 10.2 Å².